The van der Waals surface area contributed by atoms with E-state index in [2.05, 4.69) is 20.6 Å². The normalized spacial score (nSPS) is 18.5. The second-order valence-electron chi connectivity index (χ2n) is 14.1. The number of aromatic amines is 1. The number of ether oxygens (including phenoxy) is 1. The Morgan fingerprint density at radius 3 is 2.30 bits per heavy atom. The molecule has 1 aliphatic rings. The highest BCUT2D eigenvalue weighted by atomic mass is 32.2. The molecule has 0 bridgehead atoms. The monoisotopic (exact) mass is 660 g/mol. The Morgan fingerprint density at radius 1 is 1.11 bits per heavy atom. The van der Waals surface area contributed by atoms with Gasteiger partial charge in [0.2, 0.25) is 5.91 Å². The van der Waals surface area contributed by atoms with Gasteiger partial charge in [0, 0.05) is 6.20 Å². The van der Waals surface area contributed by atoms with Crippen molar-refractivity contribution >= 4 is 28.1 Å². The van der Waals surface area contributed by atoms with Crippen LogP contribution < -0.4 is 10.6 Å². The van der Waals surface area contributed by atoms with Crippen LogP contribution in [0.2, 0.25) is 0 Å². The maximum Gasteiger partial charge on any atom is 0.293 e. The third-order valence-electron chi connectivity index (χ3n) is 9.13. The van der Waals surface area contributed by atoms with Crippen LogP contribution in [0.4, 0.5) is 0 Å². The van der Waals surface area contributed by atoms with E-state index in [1.165, 1.54) is 19.4 Å². The van der Waals surface area contributed by atoms with Crippen LogP contribution in [0.25, 0.3) is 0 Å². The minimum absolute atomic E-state index is 0.141. The maximum absolute atomic E-state index is 14.3. The summed E-state index contributed by atoms with van der Waals surface area (Å²) < 4.78 is 30.8. The molecular formula is C34H52N4O7S. The van der Waals surface area contributed by atoms with Gasteiger partial charge in [-0.3, -0.25) is 14.4 Å². The van der Waals surface area contributed by atoms with E-state index in [0.29, 0.717) is 12.9 Å². The molecule has 5 atom stereocenters. The van der Waals surface area contributed by atoms with Crippen LogP contribution in [-0.4, -0.2) is 70.5 Å². The number of nitrogens with zero attached hydrogens (tertiary/aromatic N) is 1. The Labute approximate surface area is 273 Å². The predicted molar refractivity (Wildman–Crippen MR) is 176 cm³/mol. The Morgan fingerprint density at radius 2 is 1.76 bits per heavy atom. The van der Waals surface area contributed by atoms with E-state index < -0.39 is 61.9 Å². The van der Waals surface area contributed by atoms with E-state index in [9.17, 15) is 27.9 Å². The summed E-state index contributed by atoms with van der Waals surface area (Å²) in [6.45, 7) is 10.2. The molecule has 3 rings (SSSR count). The number of carbonyl (C=O) groups excluding carboxylic acids is 3. The number of imidazole rings is 1. The van der Waals surface area contributed by atoms with E-state index in [1.54, 1.807) is 20.8 Å². The number of aromatic nitrogens is 2. The van der Waals surface area contributed by atoms with E-state index in [4.69, 9.17) is 4.74 Å². The van der Waals surface area contributed by atoms with Crippen molar-refractivity contribution in [2.75, 3.05) is 5.75 Å². The molecule has 1 fully saturated rings. The lowest BCUT2D eigenvalue weighted by Gasteiger charge is -2.37. The van der Waals surface area contributed by atoms with Gasteiger partial charge < -0.3 is 25.5 Å². The molecule has 1 heterocycles. The minimum Gasteiger partial charge on any atom is -0.461 e. The summed E-state index contributed by atoms with van der Waals surface area (Å²) in [5, 5.41) is 17.3. The van der Waals surface area contributed by atoms with Crippen molar-refractivity contribution < 1.29 is 32.6 Å². The number of benzene rings is 1. The van der Waals surface area contributed by atoms with Crippen LogP contribution in [0.15, 0.2) is 42.9 Å². The van der Waals surface area contributed by atoms with Crippen LogP contribution in [0.1, 0.15) is 91.3 Å². The smallest absolute Gasteiger partial charge is 0.293 e. The quantitative estimate of drug-likeness (QED) is 0.197. The molecule has 12 heteroatoms. The summed E-state index contributed by atoms with van der Waals surface area (Å²) in [5.74, 6) is -2.65. The van der Waals surface area contributed by atoms with Crippen molar-refractivity contribution in [1.29, 1.82) is 0 Å². The van der Waals surface area contributed by atoms with Gasteiger partial charge in [-0.05, 0) is 57.9 Å². The second-order valence-corrected chi connectivity index (χ2v) is 16.9. The van der Waals surface area contributed by atoms with Gasteiger partial charge in [0.25, 0.3) is 12.4 Å². The first-order chi connectivity index (χ1) is 21.6. The first-order valence-electron chi connectivity index (χ1n) is 16.2. The number of carbonyl (C=O) groups is 3. The van der Waals surface area contributed by atoms with Gasteiger partial charge in [-0.2, -0.15) is 0 Å². The molecule has 11 nitrogen and oxygen atoms in total. The number of nitrogens with one attached hydrogen (secondary N) is 3. The SMILES string of the molecule is CC(C)[C@H](OC=O)[C@H](O)[C@H](CC1CCCCC1)NC(=O)[C@@](C)(NC(=O)[C@H](Cc1ccccc1)CS(=O)(=O)C(C)(C)C)c1c[nH]cn1. The van der Waals surface area contributed by atoms with E-state index in [-0.39, 0.29) is 24.0 Å². The maximum atomic E-state index is 14.3. The largest absolute Gasteiger partial charge is 0.461 e. The highest BCUT2D eigenvalue weighted by molar-refractivity contribution is 7.92. The predicted octanol–water partition coefficient (Wildman–Crippen LogP) is 3.83. The lowest BCUT2D eigenvalue weighted by atomic mass is 9.81. The molecule has 0 radical (unpaired) electrons. The van der Waals surface area contributed by atoms with Crippen molar-refractivity contribution in [2.24, 2.45) is 17.8 Å². The highest BCUT2D eigenvalue weighted by Gasteiger charge is 2.44. The van der Waals surface area contributed by atoms with E-state index >= 15 is 0 Å². The van der Waals surface area contributed by atoms with E-state index in [0.717, 1.165) is 37.7 Å². The van der Waals surface area contributed by atoms with Crippen molar-refractivity contribution in [3.63, 3.8) is 0 Å². The second kappa shape index (κ2) is 16.0. The van der Waals surface area contributed by atoms with Gasteiger partial charge in [-0.1, -0.05) is 76.3 Å². The average Bonchev–Trinajstić information content (AvgIpc) is 3.55. The minimum atomic E-state index is -3.72. The molecule has 1 aromatic heterocycles. The summed E-state index contributed by atoms with van der Waals surface area (Å²) in [4.78, 5) is 46.9. The van der Waals surface area contributed by atoms with Crippen LogP contribution in [-0.2, 0) is 40.9 Å². The molecule has 0 aliphatic heterocycles. The molecule has 1 aromatic carbocycles. The molecule has 2 aromatic rings. The number of H-pyrrole nitrogens is 1. The Kier molecular flexibility index (Phi) is 13.0. The Bertz CT molecular complexity index is 1370. The third kappa shape index (κ3) is 9.63. The number of amides is 2. The van der Waals surface area contributed by atoms with Crippen molar-refractivity contribution in [2.45, 2.75) is 115 Å². The van der Waals surface area contributed by atoms with Crippen molar-refractivity contribution in [3.8, 4) is 0 Å². The number of hydrogen-bond donors (Lipinski definition) is 4. The zero-order chi connectivity index (χ0) is 34.1. The number of aliphatic hydroxyl groups is 1. The fourth-order valence-electron chi connectivity index (χ4n) is 6.06. The standard InChI is InChI=1S/C34H52N4O7S/c1-23(2)30(45-22-39)29(40)27(18-25-15-11-8-12-16-25)37-32(42)34(6,28-19-35-21-36-28)38-31(41)26(17-24-13-9-7-10-14-24)20-46(43,44)33(3,4)5/h7,9-10,13-14,19,21-23,25-27,29-30,40H,8,11-12,15-18,20H2,1-6H3,(H,35,36)(H,37,42)(H,38,41)/t26-,27+,29-,30+,34+/m1/s1. The molecule has 0 spiro atoms. The number of hydrogen-bond acceptors (Lipinski definition) is 8. The zero-order valence-corrected chi connectivity index (χ0v) is 28.8. The Balaban J connectivity index is 1.97. The number of sulfone groups is 1. The van der Waals surface area contributed by atoms with Crippen molar-refractivity contribution in [3.05, 3.63) is 54.1 Å². The topological polar surface area (TPSA) is 168 Å². The van der Waals surface area contributed by atoms with Crippen LogP contribution in [0.3, 0.4) is 0 Å². The molecule has 256 valence electrons. The molecule has 2 amide bonds. The fraction of sp³-hybridized carbons (Fsp3) is 0.647. The highest BCUT2D eigenvalue weighted by Crippen LogP contribution is 2.30. The van der Waals surface area contributed by atoms with Gasteiger partial charge >= 0.3 is 0 Å². The molecule has 1 aliphatic carbocycles. The summed E-state index contributed by atoms with van der Waals surface area (Å²) in [7, 11) is -3.72. The molecule has 0 unspecified atom stereocenters. The zero-order valence-electron chi connectivity index (χ0n) is 28.0. The van der Waals surface area contributed by atoms with Gasteiger partial charge in [-0.15, -0.1) is 0 Å². The summed E-state index contributed by atoms with van der Waals surface area (Å²) >= 11 is 0. The molecule has 4 N–H and O–H groups in total. The van der Waals surface area contributed by atoms with Gasteiger partial charge in [0.1, 0.15) is 12.2 Å². The number of aliphatic hydroxyl groups excluding tert-OH is 1. The van der Waals surface area contributed by atoms with Crippen LogP contribution in [0, 0.1) is 17.8 Å². The van der Waals surface area contributed by atoms with Crippen molar-refractivity contribution in [1.82, 2.24) is 20.6 Å². The molecular weight excluding hydrogens is 608 g/mol. The van der Waals surface area contributed by atoms with Gasteiger partial charge in [-0.25, -0.2) is 13.4 Å². The number of rotatable bonds is 16. The molecule has 1 saturated carbocycles. The van der Waals surface area contributed by atoms with Crippen LogP contribution >= 0.6 is 0 Å². The average molecular weight is 661 g/mol. The summed E-state index contributed by atoms with van der Waals surface area (Å²) in [6, 6.07) is 8.34. The lowest BCUT2D eigenvalue weighted by Crippen LogP contribution is -2.61. The molecule has 0 saturated heterocycles. The van der Waals surface area contributed by atoms with E-state index in [1.807, 2.05) is 44.2 Å². The van der Waals surface area contributed by atoms with Gasteiger partial charge in [0.05, 0.1) is 34.5 Å². The van der Waals surface area contributed by atoms with Crippen LogP contribution in [0.5, 0.6) is 0 Å². The molecule has 46 heavy (non-hydrogen) atoms. The lowest BCUT2D eigenvalue weighted by molar-refractivity contribution is -0.146. The summed E-state index contributed by atoms with van der Waals surface area (Å²) in [5.41, 5.74) is -0.741. The van der Waals surface area contributed by atoms with Gasteiger partial charge in [0.15, 0.2) is 15.4 Å². The summed E-state index contributed by atoms with van der Waals surface area (Å²) in [6.07, 6.45) is 6.57. The first-order valence-corrected chi connectivity index (χ1v) is 17.9. The first kappa shape index (κ1) is 37.2. The Hall–Kier alpha value is -3.25. The third-order valence-corrected chi connectivity index (χ3v) is 11.8. The fourth-order valence-corrected chi connectivity index (χ4v) is 7.36.